The van der Waals surface area contributed by atoms with Crippen molar-refractivity contribution >= 4 is 11.6 Å². The Morgan fingerprint density at radius 2 is 1.85 bits per heavy atom. The first-order chi connectivity index (χ1) is 19.4. The van der Waals surface area contributed by atoms with E-state index in [1.807, 2.05) is 19.1 Å². The monoisotopic (exact) mass is 552 g/mol. The third-order valence-corrected chi connectivity index (χ3v) is 6.82. The van der Waals surface area contributed by atoms with Crippen LogP contribution in [0.2, 0.25) is 5.02 Å². The van der Waals surface area contributed by atoms with Crippen molar-refractivity contribution in [3.63, 3.8) is 0 Å². The van der Waals surface area contributed by atoms with Gasteiger partial charge in [0.1, 0.15) is 18.0 Å². The van der Waals surface area contributed by atoms with Crippen molar-refractivity contribution in [3.8, 4) is 28.1 Å². The molecule has 6 aromatic rings. The number of halogens is 2. The molecule has 0 saturated carbocycles. The highest BCUT2D eigenvalue weighted by Crippen LogP contribution is 2.30. The molecule has 4 heterocycles. The van der Waals surface area contributed by atoms with E-state index in [-0.39, 0.29) is 11.4 Å². The van der Waals surface area contributed by atoms with Crippen LogP contribution in [-0.2, 0) is 6.42 Å². The Balaban J connectivity index is 1.42. The van der Waals surface area contributed by atoms with Gasteiger partial charge in [-0.3, -0.25) is 9.78 Å². The first-order valence-corrected chi connectivity index (χ1v) is 12.8. The summed E-state index contributed by atoms with van der Waals surface area (Å²) in [5.74, 6) is 0.266. The molecule has 9 nitrogen and oxygen atoms in total. The highest BCUT2D eigenvalue weighted by molar-refractivity contribution is 6.31. The summed E-state index contributed by atoms with van der Waals surface area (Å²) in [5.41, 5.74) is 5.33. The molecular formula is C29H22ClFN8O. The quantitative estimate of drug-likeness (QED) is 0.291. The van der Waals surface area contributed by atoms with E-state index >= 15 is 0 Å². The van der Waals surface area contributed by atoms with Crippen molar-refractivity contribution in [2.24, 2.45) is 0 Å². The lowest BCUT2D eigenvalue weighted by molar-refractivity contribution is 0.536. The summed E-state index contributed by atoms with van der Waals surface area (Å²) in [6.45, 7) is 1.97. The minimum Gasteiger partial charge on any atom is -0.340 e. The Labute approximate surface area is 233 Å². The zero-order valence-electron chi connectivity index (χ0n) is 21.2. The number of aromatic amines is 1. The van der Waals surface area contributed by atoms with Gasteiger partial charge in [-0.1, -0.05) is 23.7 Å². The molecule has 0 aliphatic rings. The number of benzene rings is 2. The van der Waals surface area contributed by atoms with Gasteiger partial charge in [0.05, 0.1) is 23.6 Å². The van der Waals surface area contributed by atoms with Crippen molar-refractivity contribution in [2.45, 2.75) is 19.4 Å². The van der Waals surface area contributed by atoms with Gasteiger partial charge in [0.15, 0.2) is 0 Å². The van der Waals surface area contributed by atoms with Gasteiger partial charge >= 0.3 is 0 Å². The summed E-state index contributed by atoms with van der Waals surface area (Å²) in [6.07, 6.45) is 8.88. The lowest BCUT2D eigenvalue weighted by atomic mass is 10.0. The summed E-state index contributed by atoms with van der Waals surface area (Å²) >= 11 is 6.31. The summed E-state index contributed by atoms with van der Waals surface area (Å²) in [4.78, 5) is 25.9. The van der Waals surface area contributed by atoms with Crippen LogP contribution in [0.3, 0.4) is 0 Å². The van der Waals surface area contributed by atoms with Crippen molar-refractivity contribution in [3.05, 3.63) is 130 Å². The van der Waals surface area contributed by atoms with Gasteiger partial charge in [-0.05, 0) is 76.5 Å². The van der Waals surface area contributed by atoms with Crippen molar-refractivity contribution in [1.29, 1.82) is 0 Å². The number of nitrogens with zero attached hydrogens (tertiary/aromatic N) is 7. The van der Waals surface area contributed by atoms with Crippen molar-refractivity contribution in [2.75, 3.05) is 0 Å². The van der Waals surface area contributed by atoms with Crippen LogP contribution in [0.25, 0.3) is 28.1 Å². The van der Waals surface area contributed by atoms with Gasteiger partial charge < -0.3 is 9.55 Å². The van der Waals surface area contributed by atoms with Crippen LogP contribution in [0, 0.1) is 12.7 Å². The number of aromatic nitrogens is 8. The molecule has 0 fully saturated rings. The van der Waals surface area contributed by atoms with E-state index in [4.69, 9.17) is 11.6 Å². The average molecular weight is 553 g/mol. The molecule has 11 heteroatoms. The van der Waals surface area contributed by atoms with Crippen molar-refractivity contribution in [1.82, 2.24) is 39.7 Å². The van der Waals surface area contributed by atoms with Crippen LogP contribution in [0.4, 0.5) is 4.39 Å². The lowest BCUT2D eigenvalue weighted by Gasteiger charge is -2.19. The number of pyridine rings is 2. The molecule has 0 aliphatic carbocycles. The first kappa shape index (κ1) is 25.3. The van der Waals surface area contributed by atoms with E-state index in [2.05, 4.69) is 30.5 Å². The molecule has 0 bridgehead atoms. The maximum Gasteiger partial charge on any atom is 0.251 e. The zero-order valence-corrected chi connectivity index (χ0v) is 22.0. The van der Waals surface area contributed by atoms with Gasteiger partial charge in [-0.25, -0.2) is 9.37 Å². The van der Waals surface area contributed by atoms with Gasteiger partial charge in [0.2, 0.25) is 0 Å². The van der Waals surface area contributed by atoms with Gasteiger partial charge in [-0.2, -0.15) is 4.68 Å². The molecule has 4 aromatic heterocycles. The zero-order chi connectivity index (χ0) is 27.6. The second-order valence-corrected chi connectivity index (χ2v) is 9.79. The highest BCUT2D eigenvalue weighted by Gasteiger charge is 2.21. The Morgan fingerprint density at radius 1 is 1.00 bits per heavy atom. The second kappa shape index (κ2) is 10.7. The summed E-state index contributed by atoms with van der Waals surface area (Å²) < 4.78 is 16.8. The van der Waals surface area contributed by atoms with Crippen LogP contribution in [0.5, 0.6) is 0 Å². The van der Waals surface area contributed by atoms with Crippen LogP contribution in [-0.4, -0.2) is 39.7 Å². The van der Waals surface area contributed by atoms with E-state index in [0.717, 1.165) is 22.4 Å². The normalized spacial score (nSPS) is 12.0. The standard InChI is InChI=1S/C29H22ClFN8O/c1-18-10-21(15-32-14-18)25-16-33-29(35-25)27(11-19-2-5-23(31)6-3-19)38-9-8-20(12-28(38)40)24-13-22(30)4-7-26(24)39-17-34-36-37-39/h2-10,12-17,27H,11H2,1H3,(H,33,35). The van der Waals surface area contributed by atoms with Gasteiger partial charge in [0.25, 0.3) is 5.56 Å². The maximum absolute atomic E-state index is 13.6. The van der Waals surface area contributed by atoms with Gasteiger partial charge in [0, 0.05) is 47.2 Å². The van der Waals surface area contributed by atoms with Crippen LogP contribution in [0.15, 0.2) is 96.6 Å². The number of hydrogen-bond acceptors (Lipinski definition) is 6. The number of H-pyrrole nitrogens is 1. The number of imidazole rings is 1. The van der Waals surface area contributed by atoms with E-state index in [9.17, 15) is 9.18 Å². The Morgan fingerprint density at radius 3 is 2.60 bits per heavy atom. The van der Waals surface area contributed by atoms with Crippen LogP contribution >= 0.6 is 11.6 Å². The van der Waals surface area contributed by atoms with E-state index in [0.29, 0.717) is 34.1 Å². The molecular weight excluding hydrogens is 531 g/mol. The molecule has 198 valence electrons. The number of nitrogens with one attached hydrogen (secondary N) is 1. The van der Waals surface area contributed by atoms with Crippen LogP contribution in [0.1, 0.15) is 23.0 Å². The maximum atomic E-state index is 13.6. The molecule has 40 heavy (non-hydrogen) atoms. The number of hydrogen-bond donors (Lipinski definition) is 1. The molecule has 0 radical (unpaired) electrons. The topological polar surface area (TPSA) is 107 Å². The van der Waals surface area contributed by atoms with E-state index in [1.165, 1.54) is 23.1 Å². The summed E-state index contributed by atoms with van der Waals surface area (Å²) in [6, 6.07) is 16.4. The van der Waals surface area contributed by atoms with Gasteiger partial charge in [-0.15, -0.1) is 5.10 Å². The fraction of sp³-hybridized carbons (Fsp3) is 0.103. The Kier molecular flexibility index (Phi) is 6.75. The van der Waals surface area contributed by atoms with E-state index < -0.39 is 6.04 Å². The first-order valence-electron chi connectivity index (χ1n) is 12.4. The summed E-state index contributed by atoms with van der Waals surface area (Å²) in [5, 5.41) is 11.9. The molecule has 6 rings (SSSR count). The fourth-order valence-corrected chi connectivity index (χ4v) is 4.82. The SMILES string of the molecule is Cc1cncc(-c2cnc(C(Cc3ccc(F)cc3)n3ccc(-c4cc(Cl)ccc4-n4cnnn4)cc3=O)[nH]2)c1. The number of tetrazole rings is 1. The summed E-state index contributed by atoms with van der Waals surface area (Å²) in [7, 11) is 0. The highest BCUT2D eigenvalue weighted by atomic mass is 35.5. The predicted molar refractivity (Wildman–Crippen MR) is 149 cm³/mol. The van der Waals surface area contributed by atoms with Crippen molar-refractivity contribution < 1.29 is 4.39 Å². The van der Waals surface area contributed by atoms with E-state index in [1.54, 1.807) is 65.8 Å². The molecule has 1 N–H and O–H groups in total. The molecule has 0 aliphatic heterocycles. The minimum absolute atomic E-state index is 0.248. The molecule has 0 saturated heterocycles. The van der Waals surface area contributed by atoms with Crippen LogP contribution < -0.4 is 5.56 Å². The smallest absolute Gasteiger partial charge is 0.251 e. The molecule has 1 unspecified atom stereocenters. The molecule has 1 atom stereocenters. The number of aryl methyl sites for hydroxylation is 1. The lowest BCUT2D eigenvalue weighted by Crippen LogP contribution is -2.27. The largest absolute Gasteiger partial charge is 0.340 e. The average Bonchev–Trinajstić information content (AvgIpc) is 3.66. The molecule has 0 amide bonds. The number of rotatable bonds is 7. The fourth-order valence-electron chi connectivity index (χ4n) is 4.65. The second-order valence-electron chi connectivity index (χ2n) is 9.36. The Hall–Kier alpha value is -4.96. The predicted octanol–water partition coefficient (Wildman–Crippen LogP) is 5.21. The molecule has 2 aromatic carbocycles. The third kappa shape index (κ3) is 5.16. The molecule has 0 spiro atoms. The minimum atomic E-state index is -0.489. The third-order valence-electron chi connectivity index (χ3n) is 6.59. The Bertz CT molecular complexity index is 1850.